The van der Waals surface area contributed by atoms with Crippen LogP contribution in [0.3, 0.4) is 0 Å². The van der Waals surface area contributed by atoms with Crippen LogP contribution in [0.15, 0.2) is 212 Å². The molecule has 0 aliphatic carbocycles. The summed E-state index contributed by atoms with van der Waals surface area (Å²) in [4.78, 5) is 10.9. The Balaban J connectivity index is 0.999. The summed E-state index contributed by atoms with van der Waals surface area (Å²) in [6.07, 6.45) is 0. The molecule has 19 rings (SSSR count). The average Bonchev–Trinajstić information content (AvgIpc) is 1.23. The summed E-state index contributed by atoms with van der Waals surface area (Å²) in [6, 6.07) is 82.9. The van der Waals surface area contributed by atoms with Crippen LogP contribution < -0.4 is 98.4 Å². The van der Waals surface area contributed by atoms with Crippen molar-refractivity contribution in [2.24, 2.45) is 0 Å². The highest BCUT2D eigenvalue weighted by Crippen LogP contribution is 2.59. The zero-order valence-electron chi connectivity index (χ0n) is 44.4. The first-order valence-corrected chi connectivity index (χ1v) is 30.1. The van der Waals surface area contributed by atoms with Gasteiger partial charge in [-0.3, -0.25) is 0 Å². The minimum atomic E-state index is -2.34. The van der Waals surface area contributed by atoms with E-state index in [1.54, 1.807) is 4.43 Å². The van der Waals surface area contributed by atoms with Crippen molar-refractivity contribution in [3.8, 4) is 0 Å². The van der Waals surface area contributed by atoms with Gasteiger partial charge in [0.05, 0.1) is 45.5 Å². The maximum absolute atomic E-state index is 2.84. The van der Waals surface area contributed by atoms with Crippen molar-refractivity contribution >= 4 is 188 Å². The van der Waals surface area contributed by atoms with E-state index in [2.05, 4.69) is 260 Å². The van der Waals surface area contributed by atoms with E-state index in [0.717, 1.165) is 0 Å². The predicted octanol–water partition coefficient (Wildman–Crippen LogP) is 5.89. The Hall–Kier alpha value is -8.59. The molecule has 0 amide bonds. The van der Waals surface area contributed by atoms with Crippen molar-refractivity contribution < 1.29 is 0 Å². The maximum atomic E-state index is 2.84. The van der Waals surface area contributed by atoms with Gasteiger partial charge in [0.1, 0.15) is 0 Å². The number of para-hydroxylation sites is 4. The molecular formula is C70H47AlB4N4. The van der Waals surface area contributed by atoms with Crippen LogP contribution in [0.4, 0.5) is 68.2 Å². The minimum Gasteiger partial charge on any atom is -0.310 e. The summed E-state index contributed by atoms with van der Waals surface area (Å²) >= 11 is -2.34. The third-order valence-corrected chi connectivity index (χ3v) is 23.2. The van der Waals surface area contributed by atoms with Gasteiger partial charge >= 0.3 is 14.1 Å². The molecule has 0 unspecified atom stereocenters. The second-order valence-electron chi connectivity index (χ2n) is 23.5. The molecule has 0 saturated carbocycles. The Kier molecular flexibility index (Phi) is 8.33. The second-order valence-corrected chi connectivity index (χ2v) is 26.2. The van der Waals surface area contributed by atoms with Gasteiger partial charge in [-0.05, 0) is 98.1 Å². The number of hydrogen-bond donors (Lipinski definition) is 0. The van der Waals surface area contributed by atoms with Crippen molar-refractivity contribution in [3.05, 3.63) is 235 Å². The summed E-state index contributed by atoms with van der Waals surface area (Å²) < 4.78 is 4.58. The second kappa shape index (κ2) is 15.2. The lowest BCUT2D eigenvalue weighted by atomic mass is 9.18. The molecule has 8 aliphatic heterocycles. The zero-order valence-corrected chi connectivity index (χ0v) is 45.5. The van der Waals surface area contributed by atoms with E-state index in [4.69, 9.17) is 0 Å². The summed E-state index contributed by atoms with van der Waals surface area (Å²) in [5, 5.41) is 0. The Morgan fingerprint density at radius 1 is 0.266 bits per heavy atom. The summed E-state index contributed by atoms with van der Waals surface area (Å²) in [7, 11) is 0. The van der Waals surface area contributed by atoms with Crippen LogP contribution >= 0.6 is 0 Å². The highest BCUT2D eigenvalue weighted by molar-refractivity contribution is 7.16. The van der Waals surface area contributed by atoms with Gasteiger partial charge in [0.2, 0.25) is 26.9 Å². The molecule has 11 aromatic rings. The Labute approximate surface area is 466 Å². The molecule has 0 aromatic heterocycles. The van der Waals surface area contributed by atoms with Crippen LogP contribution in [0.5, 0.6) is 0 Å². The van der Waals surface area contributed by atoms with Crippen LogP contribution in [0, 0.1) is 27.7 Å². The molecule has 0 N–H and O–H groups in total. The van der Waals surface area contributed by atoms with Gasteiger partial charge in [-0.1, -0.05) is 243 Å². The SMILES string of the molecule is Cc1cccc(C)c1B1c2ccccc2B2c3cc4c5[c]6c3N3c7c(ccc[c]7[Al]6[c]6cccc7c6N5c5c(ccc6c5B4c4ccccc4B6c4c(C)cccc4C)N7c4ccccc4)N(c4ccccc4)c4ccc1c2c43. The first kappa shape index (κ1) is 43.4. The molecule has 9 heteroatoms. The fourth-order valence-corrected chi connectivity index (χ4v) is 21.0. The van der Waals surface area contributed by atoms with Crippen molar-refractivity contribution in [3.63, 3.8) is 0 Å². The first-order valence-electron chi connectivity index (χ1n) is 28.4. The van der Waals surface area contributed by atoms with E-state index in [0.29, 0.717) is 0 Å². The largest absolute Gasteiger partial charge is 0.397 e. The molecular weight excluding hydrogens is 967 g/mol. The molecule has 0 atom stereocenters. The zero-order chi connectivity index (χ0) is 51.8. The molecule has 0 bridgehead atoms. The highest BCUT2D eigenvalue weighted by atomic mass is 27.2. The monoisotopic (exact) mass is 1010 g/mol. The molecule has 11 aromatic carbocycles. The van der Waals surface area contributed by atoms with Crippen molar-refractivity contribution in [1.29, 1.82) is 0 Å². The smallest absolute Gasteiger partial charge is 0.310 e. The maximum Gasteiger partial charge on any atom is 0.397 e. The van der Waals surface area contributed by atoms with E-state index in [-0.39, 0.29) is 26.9 Å². The van der Waals surface area contributed by atoms with E-state index >= 15 is 0 Å². The van der Waals surface area contributed by atoms with E-state index in [1.165, 1.54) is 165 Å². The first-order chi connectivity index (χ1) is 39.0. The fourth-order valence-electron chi connectivity index (χ4n) is 17.2. The molecule has 0 radical (unpaired) electrons. The number of rotatable bonds is 4. The average molecular weight is 1010 g/mol. The van der Waals surface area contributed by atoms with Gasteiger partial charge in [0.25, 0.3) is 0 Å². The van der Waals surface area contributed by atoms with Crippen molar-refractivity contribution in [2.75, 3.05) is 19.6 Å². The van der Waals surface area contributed by atoms with Crippen molar-refractivity contribution in [1.82, 2.24) is 0 Å². The van der Waals surface area contributed by atoms with E-state index in [1.807, 2.05) is 0 Å². The molecule has 79 heavy (non-hydrogen) atoms. The van der Waals surface area contributed by atoms with E-state index in [9.17, 15) is 0 Å². The number of fused-ring (bicyclic) bond motifs is 8. The third-order valence-electron chi connectivity index (χ3n) is 19.9. The predicted molar refractivity (Wildman–Crippen MR) is 340 cm³/mol. The van der Waals surface area contributed by atoms with Gasteiger partial charge in [-0.2, -0.15) is 0 Å². The molecule has 0 fully saturated rings. The number of benzene rings is 11. The lowest BCUT2D eigenvalue weighted by molar-refractivity contribution is 1.16. The highest BCUT2D eigenvalue weighted by Gasteiger charge is 2.59. The number of aryl methyl sites for hydroxylation is 4. The minimum absolute atomic E-state index is 0.00433. The number of hydrogen-bond acceptors (Lipinski definition) is 4. The summed E-state index contributed by atoms with van der Waals surface area (Å²) in [6.45, 7) is 9.48. The van der Waals surface area contributed by atoms with Gasteiger partial charge in [-0.25, -0.2) is 0 Å². The molecule has 0 spiro atoms. The molecule has 8 heterocycles. The number of anilines is 12. The lowest BCUT2D eigenvalue weighted by Crippen LogP contribution is -2.81. The normalized spacial score (nSPS) is 14.9. The molecule has 8 aliphatic rings. The Morgan fingerprint density at radius 2 is 0.620 bits per heavy atom. The lowest BCUT2D eigenvalue weighted by Gasteiger charge is -2.56. The Morgan fingerprint density at radius 3 is 1.03 bits per heavy atom. The van der Waals surface area contributed by atoms with Gasteiger partial charge in [0.15, 0.2) is 0 Å². The summed E-state index contributed by atoms with van der Waals surface area (Å²) in [5.41, 5.74) is 38.3. The third kappa shape index (κ3) is 5.15. The molecule has 0 saturated heterocycles. The standard InChI is InChI=1S/C70H47B4N4.Al/c1-43-21-19-22-44(2)65(43)71-49-29-11-13-31-51(49)73-55-41-56-64(42-63(55)77-59-35-17-15-33-57(59)75(47-25-7-5-8-26-47)61-39-37-53(71)67(73)69(61)77)78-60-36-18-16-34-58(60)76(48-27-9-6-10-28-48)62-40-38-54-68(70(62)78)74(56)52-32-14-12-30-50(52)72(54)66-45(3)23-20-24-46(66)4;/h5-34,37-41H,1-4H3;. The quantitative estimate of drug-likeness (QED) is 0.204. The van der Waals surface area contributed by atoms with Crippen LogP contribution in [-0.2, 0) is 0 Å². The van der Waals surface area contributed by atoms with Crippen molar-refractivity contribution in [2.45, 2.75) is 27.7 Å². The Bertz CT molecular complexity index is 4310. The van der Waals surface area contributed by atoms with Gasteiger partial charge < -0.3 is 19.6 Å². The van der Waals surface area contributed by atoms with E-state index < -0.39 is 14.1 Å². The van der Waals surface area contributed by atoms with Gasteiger partial charge in [-0.15, -0.1) is 0 Å². The number of nitrogens with zero attached hydrogens (tertiary/aromatic N) is 4. The molecule has 4 nitrogen and oxygen atoms in total. The van der Waals surface area contributed by atoms with Crippen LogP contribution in [0.2, 0.25) is 0 Å². The van der Waals surface area contributed by atoms with Crippen LogP contribution in [0.25, 0.3) is 0 Å². The fraction of sp³-hybridized carbons (Fsp3) is 0.0571. The summed E-state index contributed by atoms with van der Waals surface area (Å²) in [5.74, 6) is 0. The van der Waals surface area contributed by atoms with Crippen LogP contribution in [0.1, 0.15) is 22.3 Å². The molecule has 362 valence electrons. The van der Waals surface area contributed by atoms with Crippen LogP contribution in [-0.4, -0.2) is 41.0 Å². The van der Waals surface area contributed by atoms with Gasteiger partial charge in [0, 0.05) is 22.7 Å². The topological polar surface area (TPSA) is 13.0 Å².